The van der Waals surface area contributed by atoms with Gasteiger partial charge in [0.2, 0.25) is 0 Å². The van der Waals surface area contributed by atoms with Gasteiger partial charge in [0.1, 0.15) is 11.6 Å². The third-order valence-corrected chi connectivity index (χ3v) is 3.23. The van der Waals surface area contributed by atoms with Crippen LogP contribution in [0.5, 0.6) is 11.5 Å². The van der Waals surface area contributed by atoms with Gasteiger partial charge in [-0.1, -0.05) is 12.1 Å². The Labute approximate surface area is 136 Å². The van der Waals surface area contributed by atoms with Gasteiger partial charge in [-0.3, -0.25) is 4.79 Å². The van der Waals surface area contributed by atoms with Crippen LogP contribution in [0, 0.1) is 18.3 Å². The van der Waals surface area contributed by atoms with Gasteiger partial charge >= 0.3 is 6.61 Å². The highest BCUT2D eigenvalue weighted by molar-refractivity contribution is 5.74. The number of halogens is 2. The monoisotopic (exact) mass is 333 g/mol. The van der Waals surface area contributed by atoms with Gasteiger partial charge in [0.15, 0.2) is 11.5 Å². The number of H-pyrrole nitrogens is 1. The molecule has 0 aliphatic carbocycles. The number of benzene rings is 1. The van der Waals surface area contributed by atoms with Crippen molar-refractivity contribution in [2.45, 2.75) is 13.5 Å². The molecule has 0 atom stereocenters. The predicted molar refractivity (Wildman–Crippen MR) is 82.9 cm³/mol. The van der Waals surface area contributed by atoms with Gasteiger partial charge < -0.3 is 9.47 Å². The molecule has 1 heterocycles. The fraction of sp³-hybridized carbons (Fsp3) is 0.188. The topological polar surface area (TPSA) is 88.0 Å². The average Bonchev–Trinajstić information content (AvgIpc) is 2.55. The Bertz CT molecular complexity index is 870. The molecule has 1 aromatic heterocycles. The molecule has 0 saturated carbocycles. The predicted octanol–water partition coefficient (Wildman–Crippen LogP) is 2.73. The highest BCUT2D eigenvalue weighted by Gasteiger charge is 2.14. The number of aromatic nitrogens is 2. The zero-order chi connectivity index (χ0) is 17.7. The van der Waals surface area contributed by atoms with Crippen molar-refractivity contribution in [1.82, 2.24) is 10.2 Å². The van der Waals surface area contributed by atoms with E-state index in [0.717, 1.165) is 0 Å². The molecule has 24 heavy (non-hydrogen) atoms. The summed E-state index contributed by atoms with van der Waals surface area (Å²) in [5.41, 5.74) is 0.406. The molecule has 0 spiro atoms. The lowest BCUT2D eigenvalue weighted by atomic mass is 10.1. The van der Waals surface area contributed by atoms with Gasteiger partial charge in [-0.15, -0.1) is 0 Å². The highest BCUT2D eigenvalue weighted by Crippen LogP contribution is 2.33. The number of ether oxygens (including phenoxy) is 2. The van der Waals surface area contributed by atoms with Crippen LogP contribution in [0.25, 0.3) is 12.2 Å². The molecule has 0 bridgehead atoms. The van der Waals surface area contributed by atoms with Crippen LogP contribution in [-0.4, -0.2) is 23.9 Å². The quantitative estimate of drug-likeness (QED) is 0.909. The van der Waals surface area contributed by atoms with Crippen molar-refractivity contribution in [2.24, 2.45) is 0 Å². The lowest BCUT2D eigenvalue weighted by Gasteiger charge is -2.12. The van der Waals surface area contributed by atoms with E-state index in [1.807, 2.05) is 0 Å². The minimum atomic E-state index is -3.01. The lowest BCUT2D eigenvalue weighted by Crippen LogP contribution is -2.15. The summed E-state index contributed by atoms with van der Waals surface area (Å²) in [7, 11) is 1.34. The number of alkyl halides is 2. The molecule has 124 valence electrons. The van der Waals surface area contributed by atoms with Crippen LogP contribution in [-0.2, 0) is 0 Å². The average molecular weight is 333 g/mol. The first-order valence-corrected chi connectivity index (χ1v) is 6.77. The van der Waals surface area contributed by atoms with E-state index in [-0.39, 0.29) is 17.1 Å². The van der Waals surface area contributed by atoms with E-state index in [1.165, 1.54) is 25.3 Å². The van der Waals surface area contributed by atoms with E-state index >= 15 is 0 Å². The molecule has 0 saturated heterocycles. The summed E-state index contributed by atoms with van der Waals surface area (Å²) in [6, 6.07) is 6.46. The maximum absolute atomic E-state index is 12.6. The van der Waals surface area contributed by atoms with Crippen LogP contribution in [0.2, 0.25) is 0 Å². The molecule has 0 aliphatic rings. The summed E-state index contributed by atoms with van der Waals surface area (Å²) in [4.78, 5) is 11.5. The Morgan fingerprint density at radius 3 is 2.75 bits per heavy atom. The molecule has 2 aromatic rings. The van der Waals surface area contributed by atoms with E-state index in [2.05, 4.69) is 14.9 Å². The summed E-state index contributed by atoms with van der Waals surface area (Å²) in [6.07, 6.45) is 2.97. The van der Waals surface area contributed by atoms with Crippen molar-refractivity contribution < 1.29 is 18.3 Å². The first-order valence-electron chi connectivity index (χ1n) is 6.77. The molecule has 0 amide bonds. The number of aromatic amines is 1. The second kappa shape index (κ2) is 7.37. The first kappa shape index (κ1) is 17.1. The zero-order valence-electron chi connectivity index (χ0n) is 12.8. The smallest absolute Gasteiger partial charge is 0.387 e. The molecular weight excluding hydrogens is 320 g/mol. The SMILES string of the molecule is COc1cccc(/C=C/c2n[nH]c(=O)c(C#N)c2C)c1OC(F)F. The van der Waals surface area contributed by atoms with Crippen LogP contribution in [0.3, 0.4) is 0 Å². The van der Waals surface area contributed by atoms with Crippen molar-refractivity contribution in [1.29, 1.82) is 5.26 Å². The Morgan fingerprint density at radius 1 is 1.38 bits per heavy atom. The largest absolute Gasteiger partial charge is 0.493 e. The minimum absolute atomic E-state index is 0.0562. The molecule has 6 nitrogen and oxygen atoms in total. The molecule has 0 radical (unpaired) electrons. The number of methoxy groups -OCH3 is 1. The van der Waals surface area contributed by atoms with E-state index in [9.17, 15) is 13.6 Å². The third-order valence-electron chi connectivity index (χ3n) is 3.23. The van der Waals surface area contributed by atoms with Crippen LogP contribution in [0.1, 0.15) is 22.4 Å². The molecular formula is C16H13F2N3O3. The van der Waals surface area contributed by atoms with Gasteiger partial charge in [-0.05, 0) is 30.7 Å². The molecule has 2 rings (SSSR count). The summed E-state index contributed by atoms with van der Waals surface area (Å²) in [6.45, 7) is -1.44. The number of nitrogens with one attached hydrogen (secondary N) is 1. The van der Waals surface area contributed by atoms with E-state index < -0.39 is 12.2 Å². The normalized spacial score (nSPS) is 10.8. The van der Waals surface area contributed by atoms with Crippen molar-refractivity contribution in [2.75, 3.05) is 7.11 Å². The third kappa shape index (κ3) is 3.57. The number of hydrogen-bond donors (Lipinski definition) is 1. The standard InChI is InChI=1S/C16H13F2N3O3/c1-9-11(8-19)15(22)21-20-12(9)7-6-10-4-3-5-13(23-2)14(10)24-16(17)18/h3-7,16H,1-2H3,(H,21,22)/b7-6+. The van der Waals surface area contributed by atoms with Crippen molar-refractivity contribution in [3.63, 3.8) is 0 Å². The summed E-state index contributed by atoms with van der Waals surface area (Å²) < 4.78 is 34.7. The summed E-state index contributed by atoms with van der Waals surface area (Å²) in [5.74, 6) is 0.0372. The van der Waals surface area contributed by atoms with Crippen molar-refractivity contribution in [3.8, 4) is 17.6 Å². The number of nitriles is 1. The summed E-state index contributed by atoms with van der Waals surface area (Å²) >= 11 is 0. The van der Waals surface area contributed by atoms with E-state index in [4.69, 9.17) is 10.00 Å². The van der Waals surface area contributed by atoms with Crippen LogP contribution >= 0.6 is 0 Å². The highest BCUT2D eigenvalue weighted by atomic mass is 19.3. The Hall–Kier alpha value is -3.21. The first-order chi connectivity index (χ1) is 11.5. The molecule has 1 aromatic carbocycles. The van der Waals surface area contributed by atoms with E-state index in [0.29, 0.717) is 16.8 Å². The second-order valence-electron chi connectivity index (χ2n) is 4.64. The van der Waals surface area contributed by atoms with Gasteiger partial charge in [0.05, 0.1) is 12.8 Å². The van der Waals surface area contributed by atoms with Crippen molar-refractivity contribution >= 4 is 12.2 Å². The second-order valence-corrected chi connectivity index (χ2v) is 4.64. The number of nitrogens with zero attached hydrogens (tertiary/aromatic N) is 2. The fourth-order valence-electron chi connectivity index (χ4n) is 2.05. The van der Waals surface area contributed by atoms with Gasteiger partial charge in [-0.2, -0.15) is 19.1 Å². The fourth-order valence-corrected chi connectivity index (χ4v) is 2.05. The number of hydrogen-bond acceptors (Lipinski definition) is 5. The minimum Gasteiger partial charge on any atom is -0.493 e. The molecule has 1 N–H and O–H groups in total. The van der Waals surface area contributed by atoms with Gasteiger partial charge in [0.25, 0.3) is 5.56 Å². The molecule has 0 aliphatic heterocycles. The van der Waals surface area contributed by atoms with Crippen LogP contribution in [0.4, 0.5) is 8.78 Å². The van der Waals surface area contributed by atoms with E-state index in [1.54, 1.807) is 25.1 Å². The Balaban J connectivity index is 2.47. The van der Waals surface area contributed by atoms with Crippen LogP contribution < -0.4 is 15.0 Å². The lowest BCUT2D eigenvalue weighted by molar-refractivity contribution is -0.0513. The summed E-state index contributed by atoms with van der Waals surface area (Å²) in [5, 5.41) is 15.0. The maximum atomic E-state index is 12.6. The van der Waals surface area contributed by atoms with Crippen molar-refractivity contribution in [3.05, 3.63) is 50.9 Å². The number of rotatable bonds is 5. The molecule has 0 unspecified atom stereocenters. The van der Waals surface area contributed by atoms with Gasteiger partial charge in [0, 0.05) is 5.56 Å². The maximum Gasteiger partial charge on any atom is 0.387 e. The Morgan fingerprint density at radius 2 is 2.12 bits per heavy atom. The van der Waals surface area contributed by atoms with Crippen LogP contribution in [0.15, 0.2) is 23.0 Å². The molecule has 0 fully saturated rings. The number of para-hydroxylation sites is 1. The Kier molecular flexibility index (Phi) is 5.27. The van der Waals surface area contributed by atoms with Gasteiger partial charge in [-0.25, -0.2) is 5.10 Å². The zero-order valence-corrected chi connectivity index (χ0v) is 12.8. The molecule has 8 heteroatoms.